The molecule has 0 saturated heterocycles. The number of methoxy groups -OCH3 is 1. The predicted molar refractivity (Wildman–Crippen MR) is 156 cm³/mol. The van der Waals surface area contributed by atoms with E-state index < -0.39 is 49.5 Å². The molecule has 1 aromatic carbocycles. The van der Waals surface area contributed by atoms with E-state index in [2.05, 4.69) is 35.6 Å². The molecule has 0 heterocycles. The molecule has 4 atom stereocenters. The van der Waals surface area contributed by atoms with E-state index in [1.807, 2.05) is 44.2 Å². The third-order valence-corrected chi connectivity index (χ3v) is 8.55. The van der Waals surface area contributed by atoms with E-state index >= 15 is 0 Å². The van der Waals surface area contributed by atoms with Crippen LogP contribution in [0.1, 0.15) is 32.8 Å². The van der Waals surface area contributed by atoms with Crippen LogP contribution >= 0.6 is 11.8 Å². The normalized spacial score (nSPS) is 14.4. The molecule has 3 amide bonds. The summed E-state index contributed by atoms with van der Waals surface area (Å²) in [5, 5.41) is 9.04. The fraction of sp³-hybridized carbons (Fsp3) is 0.556. The fourth-order valence-electron chi connectivity index (χ4n) is 3.15. The lowest BCUT2D eigenvalue weighted by Crippen LogP contribution is -2.49. The monoisotopic (exact) mass is 581 g/mol. The zero-order valence-electron chi connectivity index (χ0n) is 23.9. The van der Waals surface area contributed by atoms with Crippen LogP contribution in [-0.2, 0) is 30.4 Å². The number of benzene rings is 1. The van der Waals surface area contributed by atoms with E-state index in [1.165, 1.54) is 25.1 Å². The van der Waals surface area contributed by atoms with Crippen molar-refractivity contribution in [3.63, 3.8) is 0 Å². The smallest absolute Gasteiger partial charge is 0.408 e. The van der Waals surface area contributed by atoms with Crippen LogP contribution in [0, 0.1) is 5.92 Å². The quantitative estimate of drug-likeness (QED) is 0.155. The molecule has 0 fully saturated rings. The first-order valence-corrected chi connectivity index (χ1v) is 17.6. The van der Waals surface area contributed by atoms with Gasteiger partial charge in [0.1, 0.15) is 18.7 Å². The second kappa shape index (κ2) is 17.6. The molecule has 10 nitrogen and oxygen atoms in total. The Kier molecular flexibility index (Phi) is 15.3. The summed E-state index contributed by atoms with van der Waals surface area (Å²) in [5.41, 5.74) is 0.839. The Morgan fingerprint density at radius 3 is 2.18 bits per heavy atom. The van der Waals surface area contributed by atoms with Crippen LogP contribution in [0.5, 0.6) is 0 Å². The first-order chi connectivity index (χ1) is 18.4. The molecule has 1 rings (SSSR count). The van der Waals surface area contributed by atoms with E-state index in [0.29, 0.717) is 6.42 Å². The molecule has 39 heavy (non-hydrogen) atoms. The Morgan fingerprint density at radius 1 is 0.974 bits per heavy atom. The molecule has 3 N–H and O–H groups in total. The minimum absolute atomic E-state index is 0.0945. The molecule has 218 valence electrons. The van der Waals surface area contributed by atoms with Crippen molar-refractivity contribution in [1.82, 2.24) is 16.0 Å². The summed E-state index contributed by atoms with van der Waals surface area (Å²) < 4.78 is 15.3. The number of carbonyl (C=O) groups is 4. The molecule has 0 radical (unpaired) electrons. The lowest BCUT2D eigenvalue weighted by atomic mass is 9.98. The van der Waals surface area contributed by atoms with Gasteiger partial charge >= 0.3 is 18.2 Å². The lowest BCUT2D eigenvalue weighted by Gasteiger charge is -2.23. The largest absolute Gasteiger partial charge is 0.467 e. The van der Waals surface area contributed by atoms with Crippen molar-refractivity contribution in [3.8, 4) is 0 Å². The topological polar surface area (TPSA) is 132 Å². The second-order valence-corrected chi connectivity index (χ2v) is 17.2. The van der Waals surface area contributed by atoms with Crippen LogP contribution in [0.25, 0.3) is 0 Å². The van der Waals surface area contributed by atoms with Crippen molar-refractivity contribution in [2.45, 2.75) is 76.8 Å². The Bertz CT molecular complexity index is 956. The van der Waals surface area contributed by atoms with Crippen LogP contribution in [0.4, 0.5) is 9.59 Å². The standard InChI is InChI=1S/C27H43N3O7SSi/c1-8-19(2)22(29-27(34)37-18-21-12-10-9-11-13-21)24(31)28-14-16-38-20(3)23(25(32)35-4)30-26(33)36-15-17-39(5,6)7/h9-14,16,19-20,22-23H,8,15,17-18H2,1-7H3,(H,28,31)(H,29,34)(H,30,33)/b16-14-/t19-,20-,22-,23+/m0/s1. The zero-order valence-corrected chi connectivity index (χ0v) is 25.8. The third kappa shape index (κ3) is 14.1. The van der Waals surface area contributed by atoms with Crippen molar-refractivity contribution in [1.29, 1.82) is 0 Å². The Balaban J connectivity index is 2.64. The van der Waals surface area contributed by atoms with Gasteiger partial charge in [0.25, 0.3) is 0 Å². The maximum atomic E-state index is 12.8. The van der Waals surface area contributed by atoms with E-state index in [1.54, 1.807) is 12.3 Å². The van der Waals surface area contributed by atoms with Crippen molar-refractivity contribution in [2.24, 2.45) is 5.92 Å². The first-order valence-electron chi connectivity index (χ1n) is 13.0. The van der Waals surface area contributed by atoms with Gasteiger partial charge in [0.05, 0.1) is 13.7 Å². The van der Waals surface area contributed by atoms with Crippen LogP contribution in [-0.4, -0.2) is 63.2 Å². The first kappa shape index (κ1) is 34.0. The highest BCUT2D eigenvalue weighted by atomic mass is 32.2. The lowest BCUT2D eigenvalue weighted by molar-refractivity contribution is -0.142. The molecule has 0 spiro atoms. The minimum Gasteiger partial charge on any atom is -0.467 e. The number of alkyl carbamates (subject to hydrolysis) is 2. The Labute approximate surface area is 237 Å². The van der Waals surface area contributed by atoms with Gasteiger partial charge in [0.2, 0.25) is 5.91 Å². The van der Waals surface area contributed by atoms with Crippen molar-refractivity contribution < 1.29 is 33.4 Å². The van der Waals surface area contributed by atoms with Crippen LogP contribution in [0.15, 0.2) is 41.9 Å². The molecule has 12 heteroatoms. The van der Waals surface area contributed by atoms with Gasteiger partial charge in [-0.3, -0.25) is 4.79 Å². The predicted octanol–water partition coefficient (Wildman–Crippen LogP) is 4.64. The highest BCUT2D eigenvalue weighted by Crippen LogP contribution is 2.17. The van der Waals surface area contributed by atoms with E-state index in [4.69, 9.17) is 14.2 Å². The average Bonchev–Trinajstić information content (AvgIpc) is 2.90. The minimum atomic E-state index is -1.37. The van der Waals surface area contributed by atoms with Gasteiger partial charge < -0.3 is 30.2 Å². The van der Waals surface area contributed by atoms with Crippen molar-refractivity contribution >= 4 is 43.9 Å². The maximum Gasteiger partial charge on any atom is 0.408 e. The van der Waals surface area contributed by atoms with Gasteiger partial charge in [-0.05, 0) is 22.9 Å². The molecule has 1 aromatic rings. The van der Waals surface area contributed by atoms with E-state index in [0.717, 1.165) is 11.6 Å². The van der Waals surface area contributed by atoms with Crippen molar-refractivity contribution in [3.05, 3.63) is 47.5 Å². The molecule has 0 aliphatic heterocycles. The number of esters is 1. The van der Waals surface area contributed by atoms with Gasteiger partial charge in [-0.25, -0.2) is 14.4 Å². The molecular formula is C27H43N3O7SSi. The number of hydrogen-bond donors (Lipinski definition) is 3. The van der Waals surface area contributed by atoms with Crippen LogP contribution < -0.4 is 16.0 Å². The molecule has 0 aromatic heterocycles. The summed E-state index contributed by atoms with van der Waals surface area (Å²) in [6.45, 7) is 12.4. The number of nitrogens with one attached hydrogen (secondary N) is 3. The Morgan fingerprint density at radius 2 is 1.59 bits per heavy atom. The van der Waals surface area contributed by atoms with Crippen molar-refractivity contribution in [2.75, 3.05) is 13.7 Å². The number of amides is 3. The van der Waals surface area contributed by atoms with Crippen LogP contribution in [0.2, 0.25) is 25.7 Å². The van der Waals surface area contributed by atoms with E-state index in [-0.39, 0.29) is 19.1 Å². The fourth-order valence-corrected chi connectivity index (χ4v) is 4.60. The summed E-state index contributed by atoms with van der Waals surface area (Å²) in [6, 6.07) is 8.31. The molecular weight excluding hydrogens is 538 g/mol. The number of ether oxygens (including phenoxy) is 3. The number of rotatable bonds is 15. The van der Waals surface area contributed by atoms with Gasteiger partial charge in [-0.15, -0.1) is 11.8 Å². The number of carbonyl (C=O) groups excluding carboxylic acids is 4. The molecule has 0 aliphatic rings. The summed E-state index contributed by atoms with van der Waals surface area (Å²) in [6.07, 6.45) is 0.716. The average molecular weight is 582 g/mol. The molecule has 0 unspecified atom stereocenters. The highest BCUT2D eigenvalue weighted by molar-refractivity contribution is 8.02. The second-order valence-electron chi connectivity index (χ2n) is 10.3. The summed E-state index contributed by atoms with van der Waals surface area (Å²) in [4.78, 5) is 49.6. The van der Waals surface area contributed by atoms with Crippen LogP contribution in [0.3, 0.4) is 0 Å². The van der Waals surface area contributed by atoms with Gasteiger partial charge in [0.15, 0.2) is 0 Å². The molecule has 0 bridgehead atoms. The number of hydrogen-bond acceptors (Lipinski definition) is 8. The van der Waals surface area contributed by atoms with Gasteiger partial charge in [0, 0.05) is 19.5 Å². The zero-order chi connectivity index (χ0) is 29.4. The molecule has 0 aliphatic carbocycles. The summed E-state index contributed by atoms with van der Waals surface area (Å²) >= 11 is 1.21. The summed E-state index contributed by atoms with van der Waals surface area (Å²) in [7, 11) is -0.122. The number of thioether (sulfide) groups is 1. The summed E-state index contributed by atoms with van der Waals surface area (Å²) in [5.74, 6) is -1.15. The maximum absolute atomic E-state index is 12.8. The van der Waals surface area contributed by atoms with Gasteiger partial charge in [-0.2, -0.15) is 0 Å². The van der Waals surface area contributed by atoms with Gasteiger partial charge in [-0.1, -0.05) is 77.2 Å². The SMILES string of the molecule is CC[C@H](C)[C@H](NC(=O)OCc1ccccc1)C(=O)N/C=C\S[C@@H](C)[C@@H](NC(=O)OCC[Si](C)(C)C)C(=O)OC. The highest BCUT2D eigenvalue weighted by Gasteiger charge is 2.29. The van der Waals surface area contributed by atoms with E-state index in [9.17, 15) is 19.2 Å². The Hall–Kier alpha value is -2.99. The third-order valence-electron chi connectivity index (χ3n) is 5.85. The molecule has 0 saturated carbocycles.